The molecule has 0 heterocycles. The highest BCUT2D eigenvalue weighted by Gasteiger charge is 2.30. The van der Waals surface area contributed by atoms with Gasteiger partial charge >= 0.3 is 10.1 Å². The normalized spacial score (nSPS) is 14.0. The van der Waals surface area contributed by atoms with Crippen molar-refractivity contribution in [1.29, 1.82) is 0 Å². The first kappa shape index (κ1) is 23.8. The molecule has 32 heavy (non-hydrogen) atoms. The highest BCUT2D eigenvalue weighted by Crippen LogP contribution is 2.31. The number of nitrogens with zero attached hydrogens (tertiary/aromatic N) is 1. The Hall–Kier alpha value is -2.87. The molecule has 0 aromatic heterocycles. The Balaban J connectivity index is 1.80. The summed E-state index contributed by atoms with van der Waals surface area (Å²) in [5, 5.41) is 2.60. The van der Waals surface area contributed by atoms with E-state index in [0.29, 0.717) is 24.3 Å². The molecule has 172 valence electrons. The molecule has 1 aliphatic carbocycles. The van der Waals surface area contributed by atoms with E-state index in [-0.39, 0.29) is 34.3 Å². The van der Waals surface area contributed by atoms with E-state index in [4.69, 9.17) is 4.18 Å². The monoisotopic (exact) mass is 458 g/mol. The number of benzene rings is 2. The van der Waals surface area contributed by atoms with Crippen LogP contribution in [0.2, 0.25) is 0 Å². The van der Waals surface area contributed by atoms with E-state index in [1.165, 1.54) is 31.2 Å². The number of anilines is 1. The van der Waals surface area contributed by atoms with E-state index in [0.717, 1.165) is 19.3 Å². The fourth-order valence-corrected chi connectivity index (χ4v) is 4.55. The minimum atomic E-state index is -4.09. The fraction of sp³-hybridized carbons (Fsp3) is 0.417. The SMILES string of the molecule is CC(=O)Nc1ccc(S(=O)(=O)Oc2ccccc2CN(CC(C)C)C(=O)C2CCC2)cc1. The molecule has 0 bridgehead atoms. The lowest BCUT2D eigenvalue weighted by atomic mass is 9.84. The Morgan fingerprint density at radius 2 is 1.75 bits per heavy atom. The van der Waals surface area contributed by atoms with E-state index in [2.05, 4.69) is 19.2 Å². The Bertz CT molecular complexity index is 1060. The number of hydrogen-bond acceptors (Lipinski definition) is 5. The van der Waals surface area contributed by atoms with Gasteiger partial charge in [0.2, 0.25) is 11.8 Å². The molecule has 2 amide bonds. The molecule has 8 heteroatoms. The average Bonchev–Trinajstić information content (AvgIpc) is 2.67. The number of para-hydroxylation sites is 1. The maximum atomic E-state index is 12.9. The number of hydrogen-bond donors (Lipinski definition) is 1. The maximum absolute atomic E-state index is 12.9. The molecule has 0 aliphatic heterocycles. The fourth-order valence-electron chi connectivity index (χ4n) is 3.58. The van der Waals surface area contributed by atoms with Crippen LogP contribution >= 0.6 is 0 Å². The topological polar surface area (TPSA) is 92.8 Å². The van der Waals surface area contributed by atoms with Crippen molar-refractivity contribution in [2.24, 2.45) is 11.8 Å². The molecule has 1 aliphatic rings. The molecule has 7 nitrogen and oxygen atoms in total. The van der Waals surface area contributed by atoms with Crippen LogP contribution in [0.15, 0.2) is 53.4 Å². The van der Waals surface area contributed by atoms with Gasteiger partial charge in [-0.3, -0.25) is 9.59 Å². The zero-order valence-corrected chi connectivity index (χ0v) is 19.5. The van der Waals surface area contributed by atoms with Crippen molar-refractivity contribution in [2.75, 3.05) is 11.9 Å². The summed E-state index contributed by atoms with van der Waals surface area (Å²) in [6.45, 7) is 6.38. The van der Waals surface area contributed by atoms with Crippen LogP contribution in [0.1, 0.15) is 45.6 Å². The van der Waals surface area contributed by atoms with Crippen molar-refractivity contribution in [2.45, 2.75) is 51.5 Å². The largest absolute Gasteiger partial charge is 0.379 e. The zero-order chi connectivity index (χ0) is 23.3. The third-order valence-electron chi connectivity index (χ3n) is 5.35. The van der Waals surface area contributed by atoms with Crippen molar-refractivity contribution in [3.05, 3.63) is 54.1 Å². The first-order valence-corrected chi connectivity index (χ1v) is 12.3. The Morgan fingerprint density at radius 3 is 2.31 bits per heavy atom. The lowest BCUT2D eigenvalue weighted by Crippen LogP contribution is -2.40. The molecule has 0 spiro atoms. The lowest BCUT2D eigenvalue weighted by molar-refractivity contribution is -0.139. The van der Waals surface area contributed by atoms with Gasteiger partial charge in [-0.05, 0) is 49.1 Å². The van der Waals surface area contributed by atoms with Crippen LogP contribution in [0.25, 0.3) is 0 Å². The molecule has 0 saturated heterocycles. The van der Waals surface area contributed by atoms with Gasteiger partial charge in [-0.15, -0.1) is 0 Å². The van der Waals surface area contributed by atoms with Gasteiger partial charge in [0.05, 0.1) is 0 Å². The standard InChI is InChI=1S/C24H30N2O5S/c1-17(2)15-26(24(28)19-8-6-9-19)16-20-7-4-5-10-23(20)31-32(29,30)22-13-11-21(12-14-22)25-18(3)27/h4-5,7,10-14,17,19H,6,8-9,15-16H2,1-3H3,(H,25,27). The van der Waals surface area contributed by atoms with Crippen LogP contribution in [0, 0.1) is 11.8 Å². The molecule has 0 unspecified atom stereocenters. The Morgan fingerprint density at radius 1 is 1.09 bits per heavy atom. The van der Waals surface area contributed by atoms with E-state index in [9.17, 15) is 18.0 Å². The van der Waals surface area contributed by atoms with E-state index >= 15 is 0 Å². The molecule has 0 radical (unpaired) electrons. The molecule has 3 rings (SSSR count). The van der Waals surface area contributed by atoms with Gasteiger partial charge in [0, 0.05) is 37.2 Å². The quantitative estimate of drug-likeness (QED) is 0.569. The van der Waals surface area contributed by atoms with Gasteiger partial charge in [-0.2, -0.15) is 8.42 Å². The van der Waals surface area contributed by atoms with E-state index in [1.54, 1.807) is 24.3 Å². The molecule has 2 aromatic carbocycles. The predicted molar refractivity (Wildman–Crippen MR) is 123 cm³/mol. The second-order valence-corrected chi connectivity index (χ2v) is 10.1. The minimum Gasteiger partial charge on any atom is -0.379 e. The van der Waals surface area contributed by atoms with Crippen LogP contribution in [-0.2, 0) is 26.3 Å². The van der Waals surface area contributed by atoms with Crippen LogP contribution in [-0.4, -0.2) is 31.7 Å². The summed E-state index contributed by atoms with van der Waals surface area (Å²) in [6.07, 6.45) is 2.90. The van der Waals surface area contributed by atoms with Gasteiger partial charge in [0.15, 0.2) is 0 Å². The Kier molecular flexibility index (Phi) is 7.56. The molecule has 0 atom stereocenters. The first-order chi connectivity index (χ1) is 15.2. The molecule has 1 saturated carbocycles. The second kappa shape index (κ2) is 10.2. The van der Waals surface area contributed by atoms with Gasteiger partial charge in [0.25, 0.3) is 0 Å². The summed E-state index contributed by atoms with van der Waals surface area (Å²) in [5.41, 5.74) is 1.13. The van der Waals surface area contributed by atoms with Crippen molar-refractivity contribution in [3.8, 4) is 5.75 Å². The summed E-state index contributed by atoms with van der Waals surface area (Å²) in [7, 11) is -4.09. The van der Waals surface area contributed by atoms with Crippen molar-refractivity contribution in [1.82, 2.24) is 4.90 Å². The lowest BCUT2D eigenvalue weighted by Gasteiger charge is -2.33. The zero-order valence-electron chi connectivity index (χ0n) is 18.7. The number of rotatable bonds is 9. The predicted octanol–water partition coefficient (Wildman–Crippen LogP) is 4.20. The highest BCUT2D eigenvalue weighted by molar-refractivity contribution is 7.87. The number of nitrogens with one attached hydrogen (secondary N) is 1. The van der Waals surface area contributed by atoms with Crippen molar-refractivity contribution < 1.29 is 22.2 Å². The Labute approximate surface area is 189 Å². The van der Waals surface area contributed by atoms with Crippen LogP contribution in [0.3, 0.4) is 0 Å². The highest BCUT2D eigenvalue weighted by atomic mass is 32.2. The second-order valence-electron chi connectivity index (χ2n) is 8.59. The van der Waals surface area contributed by atoms with Crippen molar-refractivity contribution >= 4 is 27.6 Å². The first-order valence-electron chi connectivity index (χ1n) is 10.8. The van der Waals surface area contributed by atoms with Gasteiger partial charge in [-0.1, -0.05) is 38.5 Å². The third-order valence-corrected chi connectivity index (χ3v) is 6.60. The van der Waals surface area contributed by atoms with Crippen LogP contribution in [0.5, 0.6) is 5.75 Å². The summed E-state index contributed by atoms with van der Waals surface area (Å²) in [4.78, 5) is 25.9. The minimum absolute atomic E-state index is 0.0222. The van der Waals surface area contributed by atoms with Gasteiger partial charge in [-0.25, -0.2) is 0 Å². The molecule has 2 aromatic rings. The van der Waals surface area contributed by atoms with Gasteiger partial charge < -0.3 is 14.4 Å². The number of amides is 2. The van der Waals surface area contributed by atoms with Crippen LogP contribution < -0.4 is 9.50 Å². The molecule has 1 fully saturated rings. The third kappa shape index (κ3) is 6.09. The molecule has 1 N–H and O–H groups in total. The van der Waals surface area contributed by atoms with Crippen molar-refractivity contribution in [3.63, 3.8) is 0 Å². The number of carbonyl (C=O) groups excluding carboxylic acids is 2. The molecular weight excluding hydrogens is 428 g/mol. The maximum Gasteiger partial charge on any atom is 0.339 e. The smallest absolute Gasteiger partial charge is 0.339 e. The van der Waals surface area contributed by atoms with Gasteiger partial charge in [0.1, 0.15) is 10.6 Å². The summed E-state index contributed by atoms with van der Waals surface area (Å²) < 4.78 is 31.2. The summed E-state index contributed by atoms with van der Waals surface area (Å²) >= 11 is 0. The number of carbonyl (C=O) groups is 2. The van der Waals surface area contributed by atoms with E-state index in [1.807, 2.05) is 4.90 Å². The summed E-state index contributed by atoms with van der Waals surface area (Å²) in [6, 6.07) is 12.7. The van der Waals surface area contributed by atoms with Crippen LogP contribution in [0.4, 0.5) is 5.69 Å². The average molecular weight is 459 g/mol. The molecular formula is C24H30N2O5S. The summed E-state index contributed by atoms with van der Waals surface area (Å²) in [5.74, 6) is 0.434. The van der Waals surface area contributed by atoms with E-state index < -0.39 is 10.1 Å².